The second-order valence-corrected chi connectivity index (χ2v) is 13.4. The molecule has 3 heterocycles. The Morgan fingerprint density at radius 1 is 0.725 bits per heavy atom. The maximum Gasteiger partial charge on any atom is 0.261 e. The predicted molar refractivity (Wildman–Crippen MR) is 191 cm³/mol. The highest BCUT2D eigenvalue weighted by molar-refractivity contribution is 7.99. The van der Waals surface area contributed by atoms with Crippen molar-refractivity contribution in [2.75, 3.05) is 5.75 Å². The number of ether oxygens (including phenoxy) is 2. The molecule has 2 aliphatic rings. The highest BCUT2D eigenvalue weighted by atomic mass is 32.2. The molecule has 11 heteroatoms. The van der Waals surface area contributed by atoms with E-state index in [-0.39, 0.29) is 37.2 Å². The third-order valence-corrected chi connectivity index (χ3v) is 10.2. The maximum atomic E-state index is 13.1. The van der Waals surface area contributed by atoms with E-state index in [9.17, 15) is 14.7 Å². The molecule has 2 amide bonds. The number of carbonyl (C=O) groups excluding carboxylic acids is 2. The van der Waals surface area contributed by atoms with Gasteiger partial charge in [0.25, 0.3) is 11.8 Å². The van der Waals surface area contributed by atoms with Crippen molar-refractivity contribution in [3.8, 4) is 16.8 Å². The first-order valence-corrected chi connectivity index (χ1v) is 17.6. The molecule has 254 valence electrons. The summed E-state index contributed by atoms with van der Waals surface area (Å²) in [5, 5.41) is 22.6. The van der Waals surface area contributed by atoms with Crippen molar-refractivity contribution in [3.63, 3.8) is 0 Å². The Morgan fingerprint density at radius 3 is 2.08 bits per heavy atom. The Bertz CT molecular complexity index is 2140. The summed E-state index contributed by atoms with van der Waals surface area (Å²) in [5.41, 5.74) is 7.18. The van der Waals surface area contributed by atoms with Gasteiger partial charge in [0, 0.05) is 17.7 Å². The molecule has 0 spiro atoms. The van der Waals surface area contributed by atoms with Crippen LogP contribution >= 0.6 is 11.8 Å². The van der Waals surface area contributed by atoms with Gasteiger partial charge in [-0.2, -0.15) is 4.68 Å². The van der Waals surface area contributed by atoms with Crippen LogP contribution < -0.4 is 0 Å². The molecule has 8 rings (SSSR count). The Hall–Kier alpha value is -5.46. The number of benzene rings is 5. The van der Waals surface area contributed by atoms with Gasteiger partial charge in [0.05, 0.1) is 42.2 Å². The van der Waals surface area contributed by atoms with Crippen molar-refractivity contribution in [3.05, 3.63) is 161 Å². The van der Waals surface area contributed by atoms with Crippen molar-refractivity contribution >= 4 is 23.6 Å². The number of para-hydroxylation sites is 1. The van der Waals surface area contributed by atoms with Crippen LogP contribution in [0.1, 0.15) is 61.8 Å². The topological polar surface area (TPSA) is 120 Å². The molecule has 1 aromatic heterocycles. The number of aromatic nitrogens is 4. The first kappa shape index (κ1) is 32.7. The first-order valence-electron chi connectivity index (χ1n) is 16.7. The molecule has 0 bridgehead atoms. The zero-order valence-electron chi connectivity index (χ0n) is 27.4. The van der Waals surface area contributed by atoms with Gasteiger partial charge in [0.1, 0.15) is 0 Å². The van der Waals surface area contributed by atoms with Gasteiger partial charge in [-0.15, -0.1) is 5.10 Å². The molecular formula is C40H33N5O5S. The lowest BCUT2D eigenvalue weighted by Crippen LogP contribution is -2.31. The largest absolute Gasteiger partial charge is 0.392 e. The summed E-state index contributed by atoms with van der Waals surface area (Å²) in [6, 6.07) is 40.3. The SMILES string of the molecule is O=C1c2ccccc2C(=O)N1Cc1ccccc1-c1ccc([C@@H]2O[C@H](CSc3nnnn3-c3ccccc3)C[C@H](c3ccc(CO)cc3)O2)cc1. The van der Waals surface area contributed by atoms with Gasteiger partial charge in [-0.25, -0.2) is 0 Å². The van der Waals surface area contributed by atoms with E-state index in [1.807, 2.05) is 103 Å². The Balaban J connectivity index is 1.02. The summed E-state index contributed by atoms with van der Waals surface area (Å²) in [5.74, 6) is 0.0380. The Labute approximate surface area is 298 Å². The van der Waals surface area contributed by atoms with Crippen LogP contribution in [0, 0.1) is 0 Å². The third kappa shape index (κ3) is 6.72. The van der Waals surface area contributed by atoms with Crippen LogP contribution in [0.3, 0.4) is 0 Å². The smallest absolute Gasteiger partial charge is 0.261 e. The van der Waals surface area contributed by atoms with E-state index in [1.165, 1.54) is 16.7 Å². The molecule has 5 aromatic carbocycles. The molecule has 0 radical (unpaired) electrons. The van der Waals surface area contributed by atoms with Crippen LogP contribution in [0.15, 0.2) is 133 Å². The van der Waals surface area contributed by atoms with Crippen LogP contribution in [-0.2, 0) is 22.6 Å². The minimum atomic E-state index is -0.639. The minimum Gasteiger partial charge on any atom is -0.392 e. The number of carbonyl (C=O) groups is 2. The third-order valence-electron chi connectivity index (χ3n) is 9.17. The average molecular weight is 696 g/mol. The zero-order chi connectivity index (χ0) is 34.7. The molecule has 1 N–H and O–H groups in total. The van der Waals surface area contributed by atoms with E-state index < -0.39 is 6.29 Å². The number of amides is 2. The molecule has 6 aromatic rings. The molecule has 51 heavy (non-hydrogen) atoms. The number of imide groups is 1. The summed E-state index contributed by atoms with van der Waals surface area (Å²) in [4.78, 5) is 27.5. The number of tetrazole rings is 1. The summed E-state index contributed by atoms with van der Waals surface area (Å²) in [6.07, 6.45) is -0.442. The molecule has 0 aliphatic carbocycles. The van der Waals surface area contributed by atoms with Gasteiger partial charge >= 0.3 is 0 Å². The van der Waals surface area contributed by atoms with Crippen LogP contribution in [0.25, 0.3) is 16.8 Å². The number of thioether (sulfide) groups is 1. The number of hydrogen-bond acceptors (Lipinski definition) is 9. The van der Waals surface area contributed by atoms with Gasteiger partial charge in [0.2, 0.25) is 5.16 Å². The van der Waals surface area contributed by atoms with E-state index in [4.69, 9.17) is 9.47 Å². The summed E-state index contributed by atoms with van der Waals surface area (Å²) < 4.78 is 14.9. The van der Waals surface area contributed by atoms with Gasteiger partial charge in [0.15, 0.2) is 6.29 Å². The Kier molecular flexibility index (Phi) is 9.25. The quantitative estimate of drug-likeness (QED) is 0.120. The fourth-order valence-corrected chi connectivity index (χ4v) is 7.41. The molecule has 3 atom stereocenters. The second kappa shape index (κ2) is 14.4. The van der Waals surface area contributed by atoms with Crippen LogP contribution in [0.4, 0.5) is 0 Å². The molecule has 0 unspecified atom stereocenters. The lowest BCUT2D eigenvalue weighted by molar-refractivity contribution is -0.245. The fourth-order valence-electron chi connectivity index (χ4n) is 6.50. The van der Waals surface area contributed by atoms with E-state index in [1.54, 1.807) is 28.9 Å². The fraction of sp³-hybridized carbons (Fsp3) is 0.175. The molecular weight excluding hydrogens is 663 g/mol. The van der Waals surface area contributed by atoms with Crippen LogP contribution in [-0.4, -0.2) is 53.9 Å². The number of aliphatic hydroxyl groups excluding tert-OH is 1. The number of rotatable bonds is 10. The van der Waals surface area contributed by atoms with Crippen molar-refractivity contribution < 1.29 is 24.2 Å². The molecule has 2 aliphatic heterocycles. The predicted octanol–water partition coefficient (Wildman–Crippen LogP) is 6.96. The molecule has 1 fully saturated rings. The zero-order valence-corrected chi connectivity index (χ0v) is 28.2. The molecule has 1 saturated heterocycles. The summed E-state index contributed by atoms with van der Waals surface area (Å²) in [7, 11) is 0. The second-order valence-electron chi connectivity index (χ2n) is 12.4. The number of fused-ring (bicyclic) bond motifs is 1. The van der Waals surface area contributed by atoms with Crippen molar-refractivity contribution in [2.45, 2.75) is 43.2 Å². The first-order chi connectivity index (χ1) is 25.1. The van der Waals surface area contributed by atoms with E-state index in [2.05, 4.69) is 15.5 Å². The standard InChI is InChI=1S/C40H33N5O5S/c46-24-26-14-16-28(17-15-26)36-22-32(25-51-40-41-42-43-45(40)31-9-2-1-3-10-31)49-39(50-36)29-20-18-27(19-21-29)33-11-5-4-8-30(33)23-44-37(47)34-12-6-7-13-35(34)38(44)48/h1-21,32,36,39,46H,22-25H2/t32-,36+,39+/m0/s1. The van der Waals surface area contributed by atoms with Gasteiger partial charge in [-0.1, -0.05) is 115 Å². The molecule has 0 saturated carbocycles. The number of aliphatic hydroxyl groups is 1. The monoisotopic (exact) mass is 695 g/mol. The highest BCUT2D eigenvalue weighted by Gasteiger charge is 2.36. The minimum absolute atomic E-state index is 0.0271. The lowest BCUT2D eigenvalue weighted by Gasteiger charge is -2.36. The van der Waals surface area contributed by atoms with E-state index >= 15 is 0 Å². The molecule has 10 nitrogen and oxygen atoms in total. The lowest BCUT2D eigenvalue weighted by atomic mass is 9.97. The van der Waals surface area contributed by atoms with Crippen LogP contribution in [0.5, 0.6) is 0 Å². The Morgan fingerprint density at radius 2 is 1.37 bits per heavy atom. The number of nitrogens with zero attached hydrogens (tertiary/aromatic N) is 5. The van der Waals surface area contributed by atoms with Gasteiger partial charge < -0.3 is 14.6 Å². The normalized spacial score (nSPS) is 18.6. The van der Waals surface area contributed by atoms with Gasteiger partial charge in [-0.05, 0) is 62.5 Å². The van der Waals surface area contributed by atoms with E-state index in [0.717, 1.165) is 39.1 Å². The van der Waals surface area contributed by atoms with Crippen molar-refractivity contribution in [1.29, 1.82) is 0 Å². The van der Waals surface area contributed by atoms with E-state index in [0.29, 0.717) is 28.5 Å². The van der Waals surface area contributed by atoms with Crippen molar-refractivity contribution in [2.24, 2.45) is 0 Å². The summed E-state index contributed by atoms with van der Waals surface area (Å²) >= 11 is 1.53. The van der Waals surface area contributed by atoms with Gasteiger partial charge in [-0.3, -0.25) is 14.5 Å². The van der Waals surface area contributed by atoms with Crippen LogP contribution in [0.2, 0.25) is 0 Å². The summed E-state index contributed by atoms with van der Waals surface area (Å²) in [6.45, 7) is 0.142. The highest BCUT2D eigenvalue weighted by Crippen LogP contribution is 2.40. The van der Waals surface area contributed by atoms with Crippen molar-refractivity contribution in [1.82, 2.24) is 25.1 Å². The maximum absolute atomic E-state index is 13.1. The average Bonchev–Trinajstić information content (AvgIpc) is 3.76. The number of hydrogen-bond donors (Lipinski definition) is 1.